The van der Waals surface area contributed by atoms with E-state index in [0.29, 0.717) is 5.56 Å². The first-order valence-corrected chi connectivity index (χ1v) is 11.7. The number of carbonyl (C=O) groups is 1. The minimum Gasteiger partial charge on any atom is -0.292 e. The third kappa shape index (κ3) is 4.37. The van der Waals surface area contributed by atoms with Crippen molar-refractivity contribution in [3.05, 3.63) is 76.4 Å². The normalized spacial score (nSPS) is 21.2. The fourth-order valence-electron chi connectivity index (χ4n) is 5.28. The second kappa shape index (κ2) is 7.78. The number of halogens is 2. The molecule has 0 fully saturated rings. The number of hydrogen-bond donors (Lipinski definition) is 0. The van der Waals surface area contributed by atoms with Crippen LogP contribution in [0.1, 0.15) is 94.4 Å². The third-order valence-corrected chi connectivity index (χ3v) is 7.08. The van der Waals surface area contributed by atoms with E-state index in [0.717, 1.165) is 17.6 Å². The van der Waals surface area contributed by atoms with Gasteiger partial charge >= 0.3 is 0 Å². The smallest absolute Gasteiger partial charge is 0.183 e. The fourth-order valence-corrected chi connectivity index (χ4v) is 5.61. The zero-order valence-corrected chi connectivity index (χ0v) is 21.5. The molecule has 3 rings (SSSR count). The molecule has 0 heterocycles. The number of alkyl halides is 2. The van der Waals surface area contributed by atoms with Crippen LogP contribution in [0.2, 0.25) is 0 Å². The van der Waals surface area contributed by atoms with Crippen LogP contribution in [0.5, 0.6) is 0 Å². The number of Topliss-reactive ketones (excluding diaryl/α,β-unsaturated/α-hetero) is 1. The van der Waals surface area contributed by atoms with Crippen LogP contribution in [-0.2, 0) is 10.8 Å². The van der Waals surface area contributed by atoms with Crippen molar-refractivity contribution in [3.63, 3.8) is 0 Å². The highest BCUT2D eigenvalue weighted by molar-refractivity contribution is 6.37. The minimum absolute atomic E-state index is 0.0213. The molecule has 0 N–H and O–H groups in total. The number of allylic oxidation sites excluding steroid dienone is 2. The van der Waals surface area contributed by atoms with Crippen LogP contribution in [0.25, 0.3) is 5.57 Å². The lowest BCUT2D eigenvalue weighted by molar-refractivity contribution is 0.0954. The van der Waals surface area contributed by atoms with E-state index in [4.69, 9.17) is 23.2 Å². The number of fused-ring (bicyclic) bond motifs is 1. The van der Waals surface area contributed by atoms with Crippen molar-refractivity contribution in [1.29, 1.82) is 0 Å². The van der Waals surface area contributed by atoms with E-state index in [-0.39, 0.29) is 16.6 Å². The first-order valence-electron chi connectivity index (χ1n) is 11.0. The Balaban J connectivity index is 2.11. The SMILES string of the molecule is CC=C(c1ccc(C2(C)CC(C)(C)c3ccc(C(=O)C(C)(C)Cl)cc32)cc1)C(C)(C)Cl. The van der Waals surface area contributed by atoms with Gasteiger partial charge in [0, 0.05) is 11.0 Å². The number of rotatable bonds is 5. The molecule has 1 nitrogen and oxygen atoms in total. The highest BCUT2D eigenvalue weighted by atomic mass is 35.5. The molecule has 1 aliphatic rings. The van der Waals surface area contributed by atoms with Crippen molar-refractivity contribution in [2.45, 2.75) is 82.4 Å². The number of carbonyl (C=O) groups excluding carboxylic acids is 1. The Kier molecular flexibility index (Phi) is 6.04. The lowest BCUT2D eigenvalue weighted by Gasteiger charge is -2.29. The Hall–Kier alpha value is -1.57. The van der Waals surface area contributed by atoms with Gasteiger partial charge in [-0.15, -0.1) is 23.2 Å². The van der Waals surface area contributed by atoms with Crippen molar-refractivity contribution in [2.75, 3.05) is 0 Å². The number of benzene rings is 2. The van der Waals surface area contributed by atoms with Crippen molar-refractivity contribution < 1.29 is 4.79 Å². The maximum Gasteiger partial charge on any atom is 0.183 e. The Morgan fingerprint density at radius 1 is 0.871 bits per heavy atom. The fraction of sp³-hybridized carbons (Fsp3) is 0.464. The minimum atomic E-state index is -0.919. The van der Waals surface area contributed by atoms with Gasteiger partial charge in [-0.2, -0.15) is 0 Å². The van der Waals surface area contributed by atoms with Gasteiger partial charge in [-0.3, -0.25) is 4.79 Å². The van der Waals surface area contributed by atoms with E-state index in [1.54, 1.807) is 13.8 Å². The van der Waals surface area contributed by atoms with Crippen LogP contribution >= 0.6 is 23.2 Å². The monoisotopic (exact) mass is 456 g/mol. The van der Waals surface area contributed by atoms with Gasteiger partial charge in [0.05, 0.1) is 4.87 Å². The topological polar surface area (TPSA) is 17.1 Å². The lowest BCUT2D eigenvalue weighted by Crippen LogP contribution is -2.26. The van der Waals surface area contributed by atoms with E-state index < -0.39 is 9.75 Å². The Morgan fingerprint density at radius 2 is 1.42 bits per heavy atom. The summed E-state index contributed by atoms with van der Waals surface area (Å²) in [5.41, 5.74) is 6.56. The average molecular weight is 457 g/mol. The molecular formula is C28H34Cl2O. The maximum absolute atomic E-state index is 12.9. The molecule has 2 aromatic rings. The summed E-state index contributed by atoms with van der Waals surface area (Å²) in [5, 5.41) is 0. The van der Waals surface area contributed by atoms with Crippen molar-refractivity contribution >= 4 is 34.6 Å². The van der Waals surface area contributed by atoms with Gasteiger partial charge in [0.15, 0.2) is 5.78 Å². The standard InChI is InChI=1S/C28H34Cl2O/c1-9-21(26(4,5)29)18-10-13-20(14-11-18)28(8)17-25(2,3)22-15-12-19(16-23(22)28)24(31)27(6,7)30/h9-16H,17H2,1-8H3. The summed E-state index contributed by atoms with van der Waals surface area (Å²) in [6.07, 6.45) is 3.07. The molecule has 1 atom stereocenters. The summed E-state index contributed by atoms with van der Waals surface area (Å²) in [7, 11) is 0. The van der Waals surface area contributed by atoms with E-state index in [9.17, 15) is 4.79 Å². The molecule has 0 amide bonds. The lowest BCUT2D eigenvalue weighted by atomic mass is 9.74. The van der Waals surface area contributed by atoms with Gasteiger partial charge in [-0.1, -0.05) is 63.2 Å². The molecule has 0 aliphatic heterocycles. The zero-order chi connectivity index (χ0) is 23.4. The molecule has 1 aliphatic carbocycles. The molecule has 166 valence electrons. The predicted octanol–water partition coefficient (Wildman–Crippen LogP) is 8.29. The van der Waals surface area contributed by atoms with Gasteiger partial charge in [0.2, 0.25) is 0 Å². The predicted molar refractivity (Wildman–Crippen MR) is 135 cm³/mol. The molecule has 0 aromatic heterocycles. The first kappa shape index (κ1) is 24.1. The Labute approximate surface area is 197 Å². The highest BCUT2D eigenvalue weighted by Crippen LogP contribution is 2.53. The van der Waals surface area contributed by atoms with Crippen molar-refractivity contribution in [2.24, 2.45) is 0 Å². The summed E-state index contributed by atoms with van der Waals surface area (Å²) < 4.78 is 0. The van der Waals surface area contributed by atoms with Gasteiger partial charge in [0.1, 0.15) is 4.87 Å². The molecule has 0 bridgehead atoms. The number of ketones is 1. The summed E-state index contributed by atoms with van der Waals surface area (Å²) in [6.45, 7) is 16.4. The van der Waals surface area contributed by atoms with Gasteiger partial charge in [-0.25, -0.2) is 0 Å². The van der Waals surface area contributed by atoms with E-state index in [2.05, 4.69) is 63.2 Å². The van der Waals surface area contributed by atoms with Crippen LogP contribution < -0.4 is 0 Å². The van der Waals surface area contributed by atoms with Gasteiger partial charge in [-0.05, 0) is 80.3 Å². The summed E-state index contributed by atoms with van der Waals surface area (Å²) >= 11 is 13.0. The molecule has 31 heavy (non-hydrogen) atoms. The molecule has 3 heteroatoms. The van der Waals surface area contributed by atoms with Crippen LogP contribution in [0.15, 0.2) is 48.5 Å². The summed E-state index contributed by atoms with van der Waals surface area (Å²) in [6, 6.07) is 14.9. The van der Waals surface area contributed by atoms with E-state index >= 15 is 0 Å². The van der Waals surface area contributed by atoms with Crippen LogP contribution in [0.3, 0.4) is 0 Å². The average Bonchev–Trinajstić information content (AvgIpc) is 2.86. The van der Waals surface area contributed by atoms with Gasteiger partial charge in [0.25, 0.3) is 0 Å². The summed E-state index contributed by atoms with van der Waals surface area (Å²) in [5.74, 6) is -0.0403. The largest absolute Gasteiger partial charge is 0.292 e. The van der Waals surface area contributed by atoms with Crippen LogP contribution in [-0.4, -0.2) is 15.5 Å². The van der Waals surface area contributed by atoms with E-state index in [1.165, 1.54) is 16.7 Å². The highest BCUT2D eigenvalue weighted by Gasteiger charge is 2.46. The maximum atomic E-state index is 12.9. The second-order valence-corrected chi connectivity index (χ2v) is 12.6. The molecule has 0 saturated carbocycles. The van der Waals surface area contributed by atoms with Crippen molar-refractivity contribution in [1.82, 2.24) is 0 Å². The number of hydrogen-bond acceptors (Lipinski definition) is 1. The molecule has 2 aromatic carbocycles. The first-order chi connectivity index (χ1) is 14.1. The Bertz CT molecular complexity index is 1030. The quantitative estimate of drug-likeness (QED) is 0.326. The molecule has 0 spiro atoms. The van der Waals surface area contributed by atoms with E-state index in [1.807, 2.05) is 26.8 Å². The molecular weight excluding hydrogens is 423 g/mol. The van der Waals surface area contributed by atoms with Crippen LogP contribution in [0, 0.1) is 0 Å². The third-order valence-electron chi connectivity index (χ3n) is 6.70. The molecule has 0 saturated heterocycles. The zero-order valence-electron chi connectivity index (χ0n) is 20.0. The molecule has 0 radical (unpaired) electrons. The summed E-state index contributed by atoms with van der Waals surface area (Å²) in [4.78, 5) is 11.5. The van der Waals surface area contributed by atoms with Crippen LogP contribution in [0.4, 0.5) is 0 Å². The van der Waals surface area contributed by atoms with Gasteiger partial charge < -0.3 is 0 Å². The Morgan fingerprint density at radius 3 is 1.90 bits per heavy atom. The molecule has 1 unspecified atom stereocenters. The second-order valence-electron chi connectivity index (χ2n) is 10.7. The van der Waals surface area contributed by atoms with Crippen molar-refractivity contribution in [3.8, 4) is 0 Å².